The molecule has 1 aromatic heterocycles. The molecule has 0 aromatic carbocycles. The van der Waals surface area contributed by atoms with Crippen molar-refractivity contribution >= 4 is 11.9 Å². The van der Waals surface area contributed by atoms with E-state index in [-0.39, 0.29) is 11.8 Å². The maximum atomic E-state index is 11.4. The summed E-state index contributed by atoms with van der Waals surface area (Å²) in [5.74, 6) is 0.675. The molecule has 1 fully saturated rings. The standard InChI is InChI=1S/C10H13N3O/c1-6-5-7(2)12-10(11-6)13-9(14)8-3-4-8/h5,8H,3-4H2,1-2H3,(H,11,12,13,14). The van der Waals surface area contributed by atoms with E-state index in [1.165, 1.54) is 0 Å². The van der Waals surface area contributed by atoms with E-state index in [0.717, 1.165) is 24.2 Å². The second-order valence-corrected chi connectivity index (χ2v) is 3.74. The zero-order valence-electron chi connectivity index (χ0n) is 8.37. The summed E-state index contributed by atoms with van der Waals surface area (Å²) >= 11 is 0. The van der Waals surface area contributed by atoms with Crippen LogP contribution in [0.15, 0.2) is 6.07 Å². The Morgan fingerprint density at radius 1 is 1.36 bits per heavy atom. The second kappa shape index (κ2) is 3.36. The van der Waals surface area contributed by atoms with Crippen molar-refractivity contribution in [3.05, 3.63) is 17.5 Å². The molecule has 1 heterocycles. The van der Waals surface area contributed by atoms with E-state index in [0.29, 0.717) is 5.95 Å². The van der Waals surface area contributed by atoms with Gasteiger partial charge in [-0.2, -0.15) is 0 Å². The van der Waals surface area contributed by atoms with Crippen molar-refractivity contribution in [2.75, 3.05) is 5.32 Å². The highest BCUT2D eigenvalue weighted by atomic mass is 16.2. The maximum absolute atomic E-state index is 11.4. The number of carbonyl (C=O) groups excluding carboxylic acids is 1. The Morgan fingerprint density at radius 2 is 1.93 bits per heavy atom. The molecule has 0 atom stereocenters. The van der Waals surface area contributed by atoms with E-state index in [4.69, 9.17) is 0 Å². The van der Waals surface area contributed by atoms with Gasteiger partial charge in [-0.1, -0.05) is 0 Å². The fourth-order valence-corrected chi connectivity index (χ4v) is 1.34. The predicted molar refractivity (Wildman–Crippen MR) is 52.9 cm³/mol. The molecule has 4 nitrogen and oxygen atoms in total. The van der Waals surface area contributed by atoms with Gasteiger partial charge < -0.3 is 0 Å². The molecule has 1 N–H and O–H groups in total. The average molecular weight is 191 g/mol. The highest BCUT2D eigenvalue weighted by Crippen LogP contribution is 2.29. The molecule has 74 valence electrons. The van der Waals surface area contributed by atoms with Crippen molar-refractivity contribution in [1.82, 2.24) is 9.97 Å². The van der Waals surface area contributed by atoms with Crippen LogP contribution in [0.2, 0.25) is 0 Å². The molecule has 0 bridgehead atoms. The molecular formula is C10H13N3O. The number of aromatic nitrogens is 2. The number of amides is 1. The quantitative estimate of drug-likeness (QED) is 0.769. The van der Waals surface area contributed by atoms with Gasteiger partial charge in [-0.25, -0.2) is 9.97 Å². The summed E-state index contributed by atoms with van der Waals surface area (Å²) in [6.07, 6.45) is 1.99. The smallest absolute Gasteiger partial charge is 0.229 e. The molecule has 0 aliphatic heterocycles. The number of rotatable bonds is 2. The Bertz CT molecular complexity index is 351. The van der Waals surface area contributed by atoms with Crippen LogP contribution in [0.1, 0.15) is 24.2 Å². The lowest BCUT2D eigenvalue weighted by Crippen LogP contribution is -2.16. The van der Waals surface area contributed by atoms with Crippen LogP contribution >= 0.6 is 0 Å². The van der Waals surface area contributed by atoms with E-state index >= 15 is 0 Å². The van der Waals surface area contributed by atoms with Crippen LogP contribution in [0.5, 0.6) is 0 Å². The van der Waals surface area contributed by atoms with E-state index in [1.807, 2.05) is 19.9 Å². The van der Waals surface area contributed by atoms with E-state index in [9.17, 15) is 4.79 Å². The molecule has 0 saturated heterocycles. The SMILES string of the molecule is Cc1cc(C)nc(NC(=O)C2CC2)n1. The molecule has 1 aliphatic rings. The lowest BCUT2D eigenvalue weighted by Gasteiger charge is -2.03. The number of carbonyl (C=O) groups is 1. The number of nitrogens with one attached hydrogen (secondary N) is 1. The molecule has 1 aliphatic carbocycles. The predicted octanol–water partition coefficient (Wildman–Crippen LogP) is 1.44. The summed E-state index contributed by atoms with van der Waals surface area (Å²) < 4.78 is 0. The molecule has 4 heteroatoms. The van der Waals surface area contributed by atoms with Gasteiger partial charge in [0.1, 0.15) is 0 Å². The number of hydrogen-bond acceptors (Lipinski definition) is 3. The van der Waals surface area contributed by atoms with E-state index < -0.39 is 0 Å². The summed E-state index contributed by atoms with van der Waals surface area (Å²) in [6.45, 7) is 3.78. The molecule has 1 saturated carbocycles. The normalized spacial score (nSPS) is 15.3. The number of anilines is 1. The lowest BCUT2D eigenvalue weighted by atomic mass is 10.3. The second-order valence-electron chi connectivity index (χ2n) is 3.74. The number of aryl methyl sites for hydroxylation is 2. The fraction of sp³-hybridized carbons (Fsp3) is 0.500. The number of nitrogens with zero attached hydrogens (tertiary/aromatic N) is 2. The third-order valence-electron chi connectivity index (χ3n) is 2.17. The molecule has 0 spiro atoms. The third-order valence-corrected chi connectivity index (χ3v) is 2.17. The first-order valence-electron chi connectivity index (χ1n) is 4.78. The molecule has 1 aromatic rings. The minimum Gasteiger partial charge on any atom is -0.294 e. The van der Waals surface area contributed by atoms with Crippen LogP contribution in [0.25, 0.3) is 0 Å². The van der Waals surface area contributed by atoms with Crippen molar-refractivity contribution in [3.63, 3.8) is 0 Å². The van der Waals surface area contributed by atoms with Crippen LogP contribution in [-0.2, 0) is 4.79 Å². The van der Waals surface area contributed by atoms with Crippen molar-refractivity contribution < 1.29 is 4.79 Å². The summed E-state index contributed by atoms with van der Waals surface area (Å²) in [7, 11) is 0. The van der Waals surface area contributed by atoms with Crippen LogP contribution < -0.4 is 5.32 Å². The summed E-state index contributed by atoms with van der Waals surface area (Å²) in [5, 5.41) is 2.72. The Morgan fingerprint density at radius 3 is 2.43 bits per heavy atom. The van der Waals surface area contributed by atoms with Gasteiger partial charge in [-0.05, 0) is 32.8 Å². The Kier molecular flexibility index (Phi) is 2.19. The van der Waals surface area contributed by atoms with Gasteiger partial charge in [0, 0.05) is 17.3 Å². The first-order valence-corrected chi connectivity index (χ1v) is 4.78. The van der Waals surface area contributed by atoms with Gasteiger partial charge in [0.15, 0.2) is 0 Å². The van der Waals surface area contributed by atoms with E-state index in [2.05, 4.69) is 15.3 Å². The first kappa shape index (κ1) is 9.12. The van der Waals surface area contributed by atoms with Gasteiger partial charge in [0.2, 0.25) is 11.9 Å². The highest BCUT2D eigenvalue weighted by molar-refractivity contribution is 5.92. The molecule has 14 heavy (non-hydrogen) atoms. The Balaban J connectivity index is 2.11. The monoisotopic (exact) mass is 191 g/mol. The highest BCUT2D eigenvalue weighted by Gasteiger charge is 2.30. The third kappa shape index (κ3) is 2.07. The van der Waals surface area contributed by atoms with Crippen molar-refractivity contribution in [1.29, 1.82) is 0 Å². The van der Waals surface area contributed by atoms with Gasteiger partial charge in [-0.15, -0.1) is 0 Å². The molecular weight excluding hydrogens is 178 g/mol. The molecule has 0 unspecified atom stereocenters. The molecule has 0 radical (unpaired) electrons. The summed E-state index contributed by atoms with van der Waals surface area (Å²) in [5.41, 5.74) is 1.76. The van der Waals surface area contributed by atoms with Crippen LogP contribution in [-0.4, -0.2) is 15.9 Å². The molecule has 1 amide bonds. The average Bonchev–Trinajstić information content (AvgIpc) is 2.82. The minimum atomic E-state index is 0.0509. The van der Waals surface area contributed by atoms with Gasteiger partial charge in [0.05, 0.1) is 0 Å². The van der Waals surface area contributed by atoms with Gasteiger partial charge in [-0.3, -0.25) is 10.1 Å². The van der Waals surface area contributed by atoms with Gasteiger partial charge in [0.25, 0.3) is 0 Å². The zero-order valence-corrected chi connectivity index (χ0v) is 8.37. The maximum Gasteiger partial charge on any atom is 0.229 e. The minimum absolute atomic E-state index is 0.0509. The lowest BCUT2D eigenvalue weighted by molar-refractivity contribution is -0.117. The van der Waals surface area contributed by atoms with Crippen molar-refractivity contribution in [2.45, 2.75) is 26.7 Å². The largest absolute Gasteiger partial charge is 0.294 e. The van der Waals surface area contributed by atoms with Crippen LogP contribution in [0.4, 0.5) is 5.95 Å². The first-order chi connectivity index (χ1) is 6.65. The van der Waals surface area contributed by atoms with Crippen molar-refractivity contribution in [3.8, 4) is 0 Å². The van der Waals surface area contributed by atoms with Crippen LogP contribution in [0.3, 0.4) is 0 Å². The zero-order chi connectivity index (χ0) is 10.1. The topological polar surface area (TPSA) is 54.9 Å². The van der Waals surface area contributed by atoms with Crippen LogP contribution in [0, 0.1) is 19.8 Å². The Hall–Kier alpha value is -1.45. The molecule has 2 rings (SSSR count). The van der Waals surface area contributed by atoms with Crippen molar-refractivity contribution in [2.24, 2.45) is 5.92 Å². The Labute approximate surface area is 82.8 Å². The summed E-state index contributed by atoms with van der Waals surface area (Å²) in [4.78, 5) is 19.7. The fourth-order valence-electron chi connectivity index (χ4n) is 1.34. The number of hydrogen-bond donors (Lipinski definition) is 1. The van der Waals surface area contributed by atoms with E-state index in [1.54, 1.807) is 0 Å². The summed E-state index contributed by atoms with van der Waals surface area (Å²) in [6, 6.07) is 1.88. The van der Waals surface area contributed by atoms with Gasteiger partial charge >= 0.3 is 0 Å².